The highest BCUT2D eigenvalue weighted by Crippen LogP contribution is 2.51. The van der Waals surface area contributed by atoms with Crippen molar-refractivity contribution in [3.05, 3.63) is 0 Å². The third-order valence-electron chi connectivity index (χ3n) is 2.54. The number of carboxylic acids is 1. The van der Waals surface area contributed by atoms with Crippen LogP contribution in [0.1, 0.15) is 25.7 Å². The van der Waals surface area contributed by atoms with Crippen LogP contribution in [0.2, 0.25) is 0 Å². The zero-order chi connectivity index (χ0) is 9.31. The van der Waals surface area contributed by atoms with E-state index in [0.29, 0.717) is 5.92 Å². The summed E-state index contributed by atoms with van der Waals surface area (Å²) in [5.41, 5.74) is 0. The average molecular weight is 218 g/mol. The molecule has 2 aliphatic rings. The number of aliphatic carboxylic acids is 1. The minimum Gasteiger partial charge on any atom is -0.480 e. The van der Waals surface area contributed by atoms with Crippen molar-refractivity contribution in [1.29, 1.82) is 0 Å². The first-order valence-electron chi connectivity index (χ1n) is 4.74. The summed E-state index contributed by atoms with van der Waals surface area (Å²) in [5.74, 6) is 2.14. The molecule has 1 heterocycles. The van der Waals surface area contributed by atoms with Gasteiger partial charge in [0.05, 0.1) is 0 Å². The van der Waals surface area contributed by atoms with Crippen molar-refractivity contribution in [2.24, 2.45) is 5.92 Å². The quantitative estimate of drug-likeness (QED) is 0.789. The van der Waals surface area contributed by atoms with Crippen molar-refractivity contribution in [2.75, 3.05) is 11.5 Å². The molecule has 1 aliphatic carbocycles. The summed E-state index contributed by atoms with van der Waals surface area (Å²) in [6, 6.07) is 0. The molecule has 13 heavy (non-hydrogen) atoms. The minimum absolute atomic E-state index is 0.487. The molecular formula is C9H14O2S2. The van der Waals surface area contributed by atoms with E-state index in [0.717, 1.165) is 24.3 Å². The van der Waals surface area contributed by atoms with E-state index >= 15 is 0 Å². The van der Waals surface area contributed by atoms with Crippen molar-refractivity contribution >= 4 is 29.5 Å². The first-order chi connectivity index (χ1) is 6.23. The Balaban J connectivity index is 2.02. The Morgan fingerprint density at radius 3 is 2.46 bits per heavy atom. The second-order valence-electron chi connectivity index (χ2n) is 3.76. The summed E-state index contributed by atoms with van der Waals surface area (Å²) in [6.45, 7) is 0. The maximum atomic E-state index is 11.2. The number of carbonyl (C=O) groups is 1. The fraction of sp³-hybridized carbons (Fsp3) is 0.889. The highest BCUT2D eigenvalue weighted by Gasteiger charge is 2.45. The minimum atomic E-state index is -0.603. The van der Waals surface area contributed by atoms with Gasteiger partial charge in [-0.25, -0.2) is 4.79 Å². The molecule has 2 rings (SSSR count). The molecule has 2 nitrogen and oxygen atoms in total. The second-order valence-corrected chi connectivity index (χ2v) is 6.80. The summed E-state index contributed by atoms with van der Waals surface area (Å²) in [5, 5.41) is 9.22. The second kappa shape index (κ2) is 3.73. The van der Waals surface area contributed by atoms with Gasteiger partial charge < -0.3 is 5.11 Å². The van der Waals surface area contributed by atoms with Crippen LogP contribution in [0.3, 0.4) is 0 Å². The van der Waals surface area contributed by atoms with E-state index in [2.05, 4.69) is 0 Å². The van der Waals surface area contributed by atoms with Crippen molar-refractivity contribution in [3.8, 4) is 0 Å². The fourth-order valence-corrected chi connectivity index (χ4v) is 4.81. The Labute approximate surface area is 86.8 Å². The standard InChI is InChI=1S/C9H14O2S2/c10-8(11)9(6-7-2-3-7)12-4-1-5-13-9/h7H,1-6H2,(H,10,11). The zero-order valence-electron chi connectivity index (χ0n) is 7.49. The van der Waals surface area contributed by atoms with Gasteiger partial charge >= 0.3 is 5.97 Å². The maximum absolute atomic E-state index is 11.2. The lowest BCUT2D eigenvalue weighted by Crippen LogP contribution is -2.35. The van der Waals surface area contributed by atoms with Crippen LogP contribution in [0.5, 0.6) is 0 Å². The highest BCUT2D eigenvalue weighted by molar-refractivity contribution is 8.19. The van der Waals surface area contributed by atoms with E-state index in [4.69, 9.17) is 0 Å². The van der Waals surface area contributed by atoms with Gasteiger partial charge in [-0.15, -0.1) is 23.5 Å². The van der Waals surface area contributed by atoms with Gasteiger partial charge in [0.1, 0.15) is 0 Å². The van der Waals surface area contributed by atoms with Gasteiger partial charge in [0, 0.05) is 0 Å². The third-order valence-corrected chi connectivity index (χ3v) is 5.85. The number of thioether (sulfide) groups is 2. The lowest BCUT2D eigenvalue weighted by atomic mass is 10.2. The van der Waals surface area contributed by atoms with E-state index < -0.39 is 10.0 Å². The molecule has 0 amide bonds. The molecule has 74 valence electrons. The van der Waals surface area contributed by atoms with Gasteiger partial charge in [0.2, 0.25) is 0 Å². The Hall–Kier alpha value is 0.170. The van der Waals surface area contributed by atoms with Crippen molar-refractivity contribution < 1.29 is 9.90 Å². The largest absolute Gasteiger partial charge is 0.480 e. The van der Waals surface area contributed by atoms with Crippen LogP contribution in [0.25, 0.3) is 0 Å². The van der Waals surface area contributed by atoms with E-state index in [1.165, 1.54) is 12.8 Å². The van der Waals surface area contributed by atoms with Gasteiger partial charge in [-0.05, 0) is 30.3 Å². The predicted octanol–water partition coefficient (Wildman–Crippen LogP) is 2.44. The summed E-state index contributed by atoms with van der Waals surface area (Å²) in [6.07, 6.45) is 4.54. The molecule has 1 saturated heterocycles. The van der Waals surface area contributed by atoms with Crippen LogP contribution in [-0.2, 0) is 4.79 Å². The molecule has 4 heteroatoms. The lowest BCUT2D eigenvalue weighted by molar-refractivity contribution is -0.137. The van der Waals surface area contributed by atoms with Gasteiger partial charge in [0.25, 0.3) is 0 Å². The summed E-state index contributed by atoms with van der Waals surface area (Å²) < 4.78 is -0.487. The smallest absolute Gasteiger partial charge is 0.330 e. The lowest BCUT2D eigenvalue weighted by Gasteiger charge is -2.31. The Morgan fingerprint density at radius 2 is 2.00 bits per heavy atom. The molecule has 0 atom stereocenters. The first-order valence-corrected chi connectivity index (χ1v) is 6.71. The number of rotatable bonds is 3. The van der Waals surface area contributed by atoms with Gasteiger partial charge in [-0.2, -0.15) is 0 Å². The molecule has 0 bridgehead atoms. The summed E-state index contributed by atoms with van der Waals surface area (Å²) in [7, 11) is 0. The van der Waals surface area contributed by atoms with Crippen LogP contribution in [0.15, 0.2) is 0 Å². The molecule has 0 aromatic heterocycles. The Bertz CT molecular complexity index is 208. The predicted molar refractivity (Wildman–Crippen MR) is 57.2 cm³/mol. The molecule has 0 aromatic carbocycles. The molecule has 1 aliphatic heterocycles. The van der Waals surface area contributed by atoms with E-state index in [-0.39, 0.29) is 0 Å². The highest BCUT2D eigenvalue weighted by atomic mass is 32.2. The molecule has 0 aromatic rings. The molecule has 2 fully saturated rings. The van der Waals surface area contributed by atoms with Crippen LogP contribution in [0, 0.1) is 5.92 Å². The molecule has 0 spiro atoms. The molecular weight excluding hydrogens is 204 g/mol. The van der Waals surface area contributed by atoms with Gasteiger partial charge in [-0.3, -0.25) is 0 Å². The summed E-state index contributed by atoms with van der Waals surface area (Å²) in [4.78, 5) is 11.2. The molecule has 0 radical (unpaired) electrons. The van der Waals surface area contributed by atoms with Crippen LogP contribution >= 0.6 is 23.5 Å². The Kier molecular flexibility index (Phi) is 2.79. The average Bonchev–Trinajstić information content (AvgIpc) is 2.90. The number of hydrogen-bond donors (Lipinski definition) is 1. The van der Waals surface area contributed by atoms with Crippen LogP contribution < -0.4 is 0 Å². The normalized spacial score (nSPS) is 27.1. The number of carboxylic acid groups (broad SMARTS) is 1. The van der Waals surface area contributed by atoms with Crippen LogP contribution in [0.4, 0.5) is 0 Å². The van der Waals surface area contributed by atoms with E-state index in [1.807, 2.05) is 0 Å². The van der Waals surface area contributed by atoms with Crippen LogP contribution in [-0.4, -0.2) is 26.7 Å². The van der Waals surface area contributed by atoms with Gasteiger partial charge in [-0.1, -0.05) is 12.8 Å². The number of hydrogen-bond acceptors (Lipinski definition) is 3. The fourth-order valence-electron chi connectivity index (χ4n) is 1.61. The van der Waals surface area contributed by atoms with E-state index in [1.54, 1.807) is 23.5 Å². The molecule has 0 unspecified atom stereocenters. The molecule has 1 N–H and O–H groups in total. The SMILES string of the molecule is O=C(O)C1(CC2CC2)SCCCS1. The van der Waals surface area contributed by atoms with Crippen molar-refractivity contribution in [1.82, 2.24) is 0 Å². The van der Waals surface area contributed by atoms with Crippen molar-refractivity contribution in [2.45, 2.75) is 29.8 Å². The monoisotopic (exact) mass is 218 g/mol. The maximum Gasteiger partial charge on any atom is 0.330 e. The van der Waals surface area contributed by atoms with Crippen molar-refractivity contribution in [3.63, 3.8) is 0 Å². The van der Waals surface area contributed by atoms with Gasteiger partial charge in [0.15, 0.2) is 4.08 Å². The molecule has 1 saturated carbocycles. The summed E-state index contributed by atoms with van der Waals surface area (Å²) >= 11 is 3.30. The zero-order valence-corrected chi connectivity index (χ0v) is 9.12. The third kappa shape index (κ3) is 2.15. The van der Waals surface area contributed by atoms with E-state index in [9.17, 15) is 9.90 Å². The Morgan fingerprint density at radius 1 is 1.38 bits per heavy atom. The first kappa shape index (κ1) is 9.71. The topological polar surface area (TPSA) is 37.3 Å².